The van der Waals surface area contributed by atoms with Crippen molar-refractivity contribution in [2.24, 2.45) is 7.05 Å². The fraction of sp³-hybridized carbons (Fsp3) is 0.429. The van der Waals surface area contributed by atoms with Crippen LogP contribution in [-0.4, -0.2) is 49.8 Å². The van der Waals surface area contributed by atoms with Crippen molar-refractivity contribution in [3.63, 3.8) is 0 Å². The lowest BCUT2D eigenvalue weighted by molar-refractivity contribution is -0.142. The van der Waals surface area contributed by atoms with E-state index in [1.54, 1.807) is 11.8 Å². The number of fused-ring (bicyclic) bond motifs is 1. The zero-order valence-corrected chi connectivity index (χ0v) is 12.1. The molecule has 1 aliphatic rings. The van der Waals surface area contributed by atoms with Crippen molar-refractivity contribution < 1.29 is 9.90 Å². The Bertz CT molecular complexity index is 640. The average Bonchev–Trinajstić information content (AvgIpc) is 2.76. The number of carboxylic acid groups (broad SMARTS) is 1. The van der Waals surface area contributed by atoms with E-state index in [1.165, 1.54) is 0 Å². The Morgan fingerprint density at radius 2 is 2.30 bits per heavy atom. The fourth-order valence-electron chi connectivity index (χ4n) is 2.65. The van der Waals surface area contributed by atoms with Crippen molar-refractivity contribution in [2.45, 2.75) is 12.6 Å². The van der Waals surface area contributed by atoms with Crippen molar-refractivity contribution in [1.29, 1.82) is 0 Å². The summed E-state index contributed by atoms with van der Waals surface area (Å²) in [5.74, 6) is 0.895. The van der Waals surface area contributed by atoms with E-state index in [-0.39, 0.29) is 0 Å². The molecule has 106 valence electrons. The molecule has 1 aliphatic heterocycles. The van der Waals surface area contributed by atoms with Crippen LogP contribution in [0.1, 0.15) is 5.69 Å². The van der Waals surface area contributed by atoms with Gasteiger partial charge in [0.15, 0.2) is 0 Å². The summed E-state index contributed by atoms with van der Waals surface area (Å²) in [4.78, 5) is 13.4. The molecule has 2 aromatic rings. The highest BCUT2D eigenvalue weighted by molar-refractivity contribution is 7.99. The number of para-hydroxylation sites is 1. The van der Waals surface area contributed by atoms with Gasteiger partial charge in [-0.05, 0) is 6.07 Å². The van der Waals surface area contributed by atoms with E-state index in [4.69, 9.17) is 0 Å². The Morgan fingerprint density at radius 1 is 1.50 bits per heavy atom. The highest BCUT2D eigenvalue weighted by Crippen LogP contribution is 2.23. The lowest BCUT2D eigenvalue weighted by Gasteiger charge is -2.31. The van der Waals surface area contributed by atoms with Gasteiger partial charge in [-0.3, -0.25) is 14.4 Å². The third kappa shape index (κ3) is 2.41. The predicted octanol–water partition coefficient (Wildman–Crippen LogP) is 1.58. The monoisotopic (exact) mass is 291 g/mol. The Hall–Kier alpha value is -1.53. The Kier molecular flexibility index (Phi) is 3.67. The molecule has 1 N–H and O–H groups in total. The summed E-state index contributed by atoms with van der Waals surface area (Å²) >= 11 is 1.71. The highest BCUT2D eigenvalue weighted by Gasteiger charge is 2.29. The average molecular weight is 291 g/mol. The van der Waals surface area contributed by atoms with Gasteiger partial charge < -0.3 is 5.11 Å². The van der Waals surface area contributed by atoms with Crippen LogP contribution in [-0.2, 0) is 18.4 Å². The summed E-state index contributed by atoms with van der Waals surface area (Å²) in [7, 11) is 1.92. The number of thioether (sulfide) groups is 1. The molecular weight excluding hydrogens is 274 g/mol. The number of carboxylic acids is 1. The number of rotatable bonds is 3. The summed E-state index contributed by atoms with van der Waals surface area (Å²) in [6, 6.07) is 7.66. The molecule has 3 rings (SSSR count). The summed E-state index contributed by atoms with van der Waals surface area (Å²) in [6.07, 6.45) is 0. The smallest absolute Gasteiger partial charge is 0.321 e. The van der Waals surface area contributed by atoms with E-state index in [0.29, 0.717) is 12.3 Å². The lowest BCUT2D eigenvalue weighted by atomic mass is 10.2. The van der Waals surface area contributed by atoms with E-state index in [9.17, 15) is 9.90 Å². The molecule has 6 heteroatoms. The first kappa shape index (κ1) is 13.5. The van der Waals surface area contributed by atoms with Crippen molar-refractivity contribution in [3.05, 3.63) is 30.0 Å². The number of aliphatic carboxylic acids is 1. The second-order valence-corrected chi connectivity index (χ2v) is 6.14. The molecule has 1 atom stereocenters. The van der Waals surface area contributed by atoms with Gasteiger partial charge in [-0.2, -0.15) is 16.9 Å². The molecule has 1 unspecified atom stereocenters. The number of carbonyl (C=O) groups is 1. The van der Waals surface area contributed by atoms with Crippen LogP contribution < -0.4 is 0 Å². The van der Waals surface area contributed by atoms with Crippen LogP contribution >= 0.6 is 11.8 Å². The van der Waals surface area contributed by atoms with Crippen molar-refractivity contribution >= 4 is 28.6 Å². The standard InChI is InChI=1S/C14H17N3O2S/c1-16-12-5-3-2-4-10(12)11(15-16)8-17-6-7-20-9-13(17)14(18)19/h2-5,13H,6-9H2,1H3,(H,18,19). The van der Waals surface area contributed by atoms with Crippen LogP contribution in [0.5, 0.6) is 0 Å². The van der Waals surface area contributed by atoms with E-state index in [0.717, 1.165) is 28.9 Å². The van der Waals surface area contributed by atoms with Crippen molar-refractivity contribution in [2.75, 3.05) is 18.1 Å². The normalized spacial score (nSPS) is 20.4. The van der Waals surface area contributed by atoms with Gasteiger partial charge in [0.2, 0.25) is 0 Å². The van der Waals surface area contributed by atoms with Crippen molar-refractivity contribution in [1.82, 2.24) is 14.7 Å². The van der Waals surface area contributed by atoms with Crippen LogP contribution in [0.2, 0.25) is 0 Å². The first-order chi connectivity index (χ1) is 9.66. The summed E-state index contributed by atoms with van der Waals surface area (Å²) in [5, 5.41) is 15.0. The van der Waals surface area contributed by atoms with Gasteiger partial charge in [0.25, 0.3) is 0 Å². The zero-order valence-electron chi connectivity index (χ0n) is 11.3. The molecule has 0 aliphatic carbocycles. The van der Waals surface area contributed by atoms with Crippen LogP contribution in [0, 0.1) is 0 Å². The Morgan fingerprint density at radius 3 is 3.10 bits per heavy atom. The number of nitrogens with zero attached hydrogens (tertiary/aromatic N) is 3. The number of aryl methyl sites for hydroxylation is 1. The minimum absolute atomic E-state index is 0.408. The predicted molar refractivity (Wildman–Crippen MR) is 79.9 cm³/mol. The maximum Gasteiger partial charge on any atom is 0.321 e. The molecule has 0 bridgehead atoms. The zero-order chi connectivity index (χ0) is 14.1. The minimum atomic E-state index is -0.738. The number of aromatic nitrogens is 2. The summed E-state index contributed by atoms with van der Waals surface area (Å²) in [6.45, 7) is 1.39. The van der Waals surface area contributed by atoms with Crippen LogP contribution in [0.4, 0.5) is 0 Å². The van der Waals surface area contributed by atoms with Crippen LogP contribution in [0.15, 0.2) is 24.3 Å². The van der Waals surface area contributed by atoms with Gasteiger partial charge >= 0.3 is 5.97 Å². The third-order valence-corrected chi connectivity index (χ3v) is 4.73. The van der Waals surface area contributed by atoms with Gasteiger partial charge in [0.1, 0.15) is 6.04 Å². The summed E-state index contributed by atoms with van der Waals surface area (Å²) in [5.41, 5.74) is 2.04. The van der Waals surface area contributed by atoms with E-state index in [1.807, 2.05) is 40.9 Å². The molecule has 1 aromatic heterocycles. The van der Waals surface area contributed by atoms with E-state index in [2.05, 4.69) is 5.10 Å². The Labute approximate surface area is 121 Å². The van der Waals surface area contributed by atoms with Crippen LogP contribution in [0.25, 0.3) is 10.9 Å². The molecule has 1 aromatic carbocycles. The number of hydrogen-bond acceptors (Lipinski definition) is 4. The molecule has 0 amide bonds. The van der Waals surface area contributed by atoms with Gasteiger partial charge in [0, 0.05) is 37.0 Å². The quantitative estimate of drug-likeness (QED) is 0.930. The first-order valence-electron chi connectivity index (χ1n) is 6.62. The molecule has 20 heavy (non-hydrogen) atoms. The van der Waals surface area contributed by atoms with Gasteiger partial charge in [-0.1, -0.05) is 18.2 Å². The molecule has 1 saturated heterocycles. The van der Waals surface area contributed by atoms with Crippen molar-refractivity contribution in [3.8, 4) is 0 Å². The maximum atomic E-state index is 11.3. The molecule has 0 saturated carbocycles. The molecule has 0 spiro atoms. The van der Waals surface area contributed by atoms with E-state index >= 15 is 0 Å². The fourth-order valence-corrected chi connectivity index (χ4v) is 3.76. The highest BCUT2D eigenvalue weighted by atomic mass is 32.2. The second kappa shape index (κ2) is 5.46. The molecule has 2 heterocycles. The Balaban J connectivity index is 1.90. The molecule has 0 radical (unpaired) electrons. The van der Waals surface area contributed by atoms with Gasteiger partial charge in [-0.15, -0.1) is 0 Å². The van der Waals surface area contributed by atoms with Crippen LogP contribution in [0.3, 0.4) is 0 Å². The molecular formula is C14H17N3O2S. The largest absolute Gasteiger partial charge is 0.480 e. The third-order valence-electron chi connectivity index (χ3n) is 3.71. The van der Waals surface area contributed by atoms with Gasteiger partial charge in [-0.25, -0.2) is 0 Å². The second-order valence-electron chi connectivity index (χ2n) is 4.99. The molecule has 5 nitrogen and oxygen atoms in total. The topological polar surface area (TPSA) is 58.4 Å². The first-order valence-corrected chi connectivity index (χ1v) is 7.77. The number of hydrogen-bond donors (Lipinski definition) is 1. The number of benzene rings is 1. The summed E-state index contributed by atoms with van der Waals surface area (Å²) < 4.78 is 1.86. The van der Waals surface area contributed by atoms with Gasteiger partial charge in [0.05, 0.1) is 11.2 Å². The molecule has 1 fully saturated rings. The lowest BCUT2D eigenvalue weighted by Crippen LogP contribution is -2.46. The minimum Gasteiger partial charge on any atom is -0.480 e. The maximum absolute atomic E-state index is 11.3. The SMILES string of the molecule is Cn1nc(CN2CCSCC2C(=O)O)c2ccccc21. The van der Waals surface area contributed by atoms with E-state index < -0.39 is 12.0 Å².